The molecule has 11 nitrogen and oxygen atoms in total. The van der Waals surface area contributed by atoms with Gasteiger partial charge in [-0.2, -0.15) is 4.98 Å². The van der Waals surface area contributed by atoms with Crippen molar-refractivity contribution in [1.82, 2.24) is 9.55 Å². The van der Waals surface area contributed by atoms with E-state index in [9.17, 15) is 29.6 Å². The van der Waals surface area contributed by atoms with E-state index in [2.05, 4.69) is 4.98 Å². The molecule has 0 aliphatic carbocycles. The van der Waals surface area contributed by atoms with Crippen LogP contribution in [-0.2, 0) is 13.8 Å². The molecule has 2 unspecified atom stereocenters. The largest absolute Gasteiger partial charge is 0.388 e. The van der Waals surface area contributed by atoms with Crippen LogP contribution in [0.15, 0.2) is 11.0 Å². The quantitative estimate of drug-likeness (QED) is 0.332. The van der Waals surface area contributed by atoms with Crippen molar-refractivity contribution in [2.24, 2.45) is 0 Å². The van der Waals surface area contributed by atoms with Crippen LogP contribution in [0, 0.1) is 6.92 Å². The molecule has 0 saturated carbocycles. The van der Waals surface area contributed by atoms with Gasteiger partial charge in [-0.15, -0.1) is 0 Å². The third-order valence-corrected chi connectivity index (χ3v) is 8.54. The van der Waals surface area contributed by atoms with E-state index in [1.165, 1.54) is 6.20 Å². The zero-order valence-electron chi connectivity index (χ0n) is 18.6. The lowest BCUT2D eigenvalue weighted by molar-refractivity contribution is -0.0721. The maximum absolute atomic E-state index is 12.9. The number of nitrogen functional groups attached to an aromatic ring is 1. The van der Waals surface area contributed by atoms with Crippen LogP contribution in [0.3, 0.4) is 0 Å². The average molecular weight is 463 g/mol. The van der Waals surface area contributed by atoms with Crippen molar-refractivity contribution >= 4 is 13.4 Å². The van der Waals surface area contributed by atoms with Gasteiger partial charge in [-0.05, 0) is 33.1 Å². The van der Waals surface area contributed by atoms with Crippen LogP contribution in [0.5, 0.6) is 0 Å². The van der Waals surface area contributed by atoms with Crippen molar-refractivity contribution < 1.29 is 34.0 Å². The molecule has 0 amide bonds. The van der Waals surface area contributed by atoms with Crippen LogP contribution in [0.4, 0.5) is 5.82 Å². The molecular formula is C19H34N3O8P. The summed E-state index contributed by atoms with van der Waals surface area (Å²) < 4.78 is 25.2. The predicted molar refractivity (Wildman–Crippen MR) is 113 cm³/mol. The van der Waals surface area contributed by atoms with Crippen LogP contribution in [0.1, 0.15) is 65.2 Å². The van der Waals surface area contributed by atoms with Crippen LogP contribution >= 0.6 is 7.60 Å². The number of rotatable bonds is 9. The van der Waals surface area contributed by atoms with Gasteiger partial charge in [-0.25, -0.2) is 4.79 Å². The Labute approximate surface area is 181 Å². The van der Waals surface area contributed by atoms with Crippen molar-refractivity contribution in [3.63, 3.8) is 0 Å². The van der Waals surface area contributed by atoms with Gasteiger partial charge in [0.1, 0.15) is 18.0 Å². The Morgan fingerprint density at radius 1 is 1.26 bits per heavy atom. The average Bonchev–Trinajstić information content (AvgIpc) is 2.97. The number of ether oxygens (including phenoxy) is 1. The topological polar surface area (TPSA) is 177 Å². The minimum atomic E-state index is -4.46. The van der Waals surface area contributed by atoms with E-state index in [0.29, 0.717) is 5.56 Å². The Bertz CT molecular complexity index is 889. The summed E-state index contributed by atoms with van der Waals surface area (Å²) in [6.07, 6.45) is -3.45. The first-order chi connectivity index (χ1) is 14.2. The summed E-state index contributed by atoms with van der Waals surface area (Å²) in [5.41, 5.74) is 4.12. The van der Waals surface area contributed by atoms with E-state index in [1.54, 1.807) is 34.6 Å². The molecule has 1 aromatic rings. The van der Waals surface area contributed by atoms with E-state index in [4.69, 9.17) is 15.0 Å². The van der Waals surface area contributed by atoms with E-state index < -0.39 is 48.8 Å². The van der Waals surface area contributed by atoms with Crippen LogP contribution in [-0.4, -0.2) is 59.0 Å². The van der Waals surface area contributed by atoms with E-state index >= 15 is 0 Å². The summed E-state index contributed by atoms with van der Waals surface area (Å²) in [6, 6.07) is 0. The molecule has 0 bridgehead atoms. The lowest BCUT2D eigenvalue weighted by Crippen LogP contribution is -2.40. The highest BCUT2D eigenvalue weighted by molar-refractivity contribution is 7.54. The molecule has 6 atom stereocenters. The summed E-state index contributed by atoms with van der Waals surface area (Å²) in [5.74, 6) is 0.0517. The number of hydrogen-bond donors (Lipinski definition) is 5. The molecule has 1 aliphatic rings. The summed E-state index contributed by atoms with van der Waals surface area (Å²) in [4.78, 5) is 26.4. The summed E-state index contributed by atoms with van der Waals surface area (Å²) in [5, 5.41) is 29.7. The fraction of sp³-hybridized carbons (Fsp3) is 0.789. The van der Waals surface area contributed by atoms with Crippen molar-refractivity contribution in [3.05, 3.63) is 22.2 Å². The number of aromatic nitrogens is 2. The highest BCUT2D eigenvalue weighted by Crippen LogP contribution is 2.60. The van der Waals surface area contributed by atoms with Gasteiger partial charge in [0.2, 0.25) is 0 Å². The number of aryl methyl sites for hydroxylation is 1. The molecule has 1 fully saturated rings. The van der Waals surface area contributed by atoms with Crippen LogP contribution in [0.25, 0.3) is 0 Å². The van der Waals surface area contributed by atoms with Crippen LogP contribution in [0.2, 0.25) is 0 Å². The Morgan fingerprint density at radius 3 is 2.35 bits per heavy atom. The number of anilines is 1. The van der Waals surface area contributed by atoms with E-state index in [-0.39, 0.29) is 31.5 Å². The summed E-state index contributed by atoms with van der Waals surface area (Å²) in [6.45, 7) is 8.10. The van der Waals surface area contributed by atoms with Crippen molar-refractivity contribution in [2.75, 3.05) is 5.73 Å². The summed E-state index contributed by atoms with van der Waals surface area (Å²) in [7, 11) is -4.46. The van der Waals surface area contributed by atoms with Crippen molar-refractivity contribution in [3.8, 4) is 0 Å². The first-order valence-electron chi connectivity index (χ1n) is 10.4. The van der Waals surface area contributed by atoms with Gasteiger partial charge in [0.25, 0.3) is 0 Å². The molecule has 2 heterocycles. The van der Waals surface area contributed by atoms with Gasteiger partial charge >= 0.3 is 13.3 Å². The third-order valence-electron chi connectivity index (χ3n) is 6.17. The van der Waals surface area contributed by atoms with Gasteiger partial charge < -0.3 is 35.2 Å². The highest BCUT2D eigenvalue weighted by atomic mass is 31.2. The van der Waals surface area contributed by atoms with Crippen LogP contribution < -0.4 is 11.4 Å². The first kappa shape index (κ1) is 25.9. The van der Waals surface area contributed by atoms with Gasteiger partial charge in [0, 0.05) is 18.2 Å². The molecule has 12 heteroatoms. The predicted octanol–water partition coefficient (Wildman–Crippen LogP) is 1.02. The van der Waals surface area contributed by atoms with E-state index in [0.717, 1.165) is 4.57 Å². The molecule has 0 radical (unpaired) electrons. The fourth-order valence-corrected chi connectivity index (χ4v) is 5.36. The number of nitrogens with two attached hydrogens (primary N) is 1. The maximum Gasteiger partial charge on any atom is 0.359 e. The molecule has 2 rings (SSSR count). The molecule has 178 valence electrons. The van der Waals surface area contributed by atoms with Crippen molar-refractivity contribution in [2.45, 2.75) is 95.8 Å². The maximum atomic E-state index is 12.9. The minimum Gasteiger partial charge on any atom is -0.388 e. The molecule has 0 spiro atoms. The standard InChI is InChI=1S/C19H34N3O8P/c1-6-18(5,30-31(27,28)19(26,7-2)8-3)9-12-13(23)14(24)16(29-12)22-10-11(4)15(20)21-17(22)25/h10,12-14,16,23-24,26H,6-9H2,1-5H3,(H,27,28)(H2,20,21,25)/t12-,13-,14-,16-,18?/m1/s1. The van der Waals surface area contributed by atoms with Gasteiger partial charge in [0.15, 0.2) is 11.6 Å². The second-order valence-electron chi connectivity index (χ2n) is 8.35. The highest BCUT2D eigenvalue weighted by Gasteiger charge is 2.51. The Hall–Kier alpha value is -1.33. The number of nitrogens with zero attached hydrogens (tertiary/aromatic N) is 2. The summed E-state index contributed by atoms with van der Waals surface area (Å²) >= 11 is 0. The van der Waals surface area contributed by atoms with Gasteiger partial charge in [0.05, 0.1) is 11.7 Å². The molecule has 1 aliphatic heterocycles. The Kier molecular flexibility index (Phi) is 7.75. The fourth-order valence-electron chi connectivity index (χ4n) is 3.59. The molecule has 0 aromatic carbocycles. The smallest absolute Gasteiger partial charge is 0.359 e. The lowest BCUT2D eigenvalue weighted by Gasteiger charge is -2.38. The number of hydrogen-bond acceptors (Lipinski definition) is 9. The molecular weight excluding hydrogens is 429 g/mol. The second-order valence-corrected chi connectivity index (χ2v) is 10.4. The second kappa shape index (κ2) is 9.27. The molecule has 31 heavy (non-hydrogen) atoms. The zero-order chi connectivity index (χ0) is 23.8. The zero-order valence-corrected chi connectivity index (χ0v) is 19.5. The number of aliphatic hydroxyl groups excluding tert-OH is 2. The molecule has 1 saturated heterocycles. The Morgan fingerprint density at radius 2 is 1.84 bits per heavy atom. The Balaban J connectivity index is 2.27. The molecule has 6 N–H and O–H groups in total. The van der Waals surface area contributed by atoms with Crippen molar-refractivity contribution in [1.29, 1.82) is 0 Å². The lowest BCUT2D eigenvalue weighted by atomic mass is 9.93. The SMILES string of the molecule is CCC(C)(C[C@H]1O[C@@H](n2cc(C)c(N)nc2=O)[C@H](O)[C@@H]1O)OP(=O)(O)C(O)(CC)CC. The number of aliphatic hydroxyl groups is 3. The monoisotopic (exact) mass is 463 g/mol. The first-order valence-corrected chi connectivity index (χ1v) is 11.9. The molecule has 1 aromatic heterocycles. The minimum absolute atomic E-state index is 0.0207. The normalized spacial score (nSPS) is 28.3. The van der Waals surface area contributed by atoms with Gasteiger partial charge in [-0.1, -0.05) is 20.8 Å². The third kappa shape index (κ3) is 5.03. The van der Waals surface area contributed by atoms with E-state index in [1.807, 2.05) is 0 Å². The van der Waals surface area contributed by atoms with Gasteiger partial charge in [-0.3, -0.25) is 9.13 Å².